The van der Waals surface area contributed by atoms with Gasteiger partial charge < -0.3 is 9.80 Å². The smallest absolute Gasteiger partial charge is 0.348 e. The third-order valence-corrected chi connectivity index (χ3v) is 4.40. The van der Waals surface area contributed by atoms with Gasteiger partial charge in [-0.3, -0.25) is 4.79 Å². The maximum absolute atomic E-state index is 13.0. The van der Waals surface area contributed by atoms with Gasteiger partial charge in [0.2, 0.25) is 5.91 Å². The van der Waals surface area contributed by atoms with Gasteiger partial charge in [-0.05, 0) is 44.6 Å². The highest BCUT2D eigenvalue weighted by atomic mass is 19.4. The standard InChI is InChI=1S/C16H21F3N2O/c1-20(2)14(22)15(7-9-21(3)10-8-15)12-5-4-6-13(11-12)16(17,18)19/h4-6,11H,7-10H2,1-3H3. The molecule has 2 rings (SSSR count). The van der Waals surface area contributed by atoms with Crippen LogP contribution in [0.15, 0.2) is 24.3 Å². The second-order valence-electron chi connectivity index (χ2n) is 6.16. The summed E-state index contributed by atoms with van der Waals surface area (Å²) in [7, 11) is 5.25. The highest BCUT2D eigenvalue weighted by Crippen LogP contribution is 2.39. The number of rotatable bonds is 2. The molecule has 1 heterocycles. The van der Waals surface area contributed by atoms with Gasteiger partial charge in [0.05, 0.1) is 11.0 Å². The fourth-order valence-electron chi connectivity index (χ4n) is 3.05. The van der Waals surface area contributed by atoms with E-state index in [1.807, 2.05) is 7.05 Å². The van der Waals surface area contributed by atoms with Crippen LogP contribution in [0.5, 0.6) is 0 Å². The Morgan fingerprint density at radius 2 is 1.82 bits per heavy atom. The monoisotopic (exact) mass is 314 g/mol. The first-order chi connectivity index (χ1) is 10.2. The van der Waals surface area contributed by atoms with E-state index in [0.717, 1.165) is 12.1 Å². The minimum absolute atomic E-state index is 0.125. The van der Waals surface area contributed by atoms with Crippen molar-refractivity contribution in [3.8, 4) is 0 Å². The summed E-state index contributed by atoms with van der Waals surface area (Å²) in [5.41, 5.74) is -1.10. The van der Waals surface area contributed by atoms with Crippen LogP contribution in [-0.2, 0) is 16.4 Å². The van der Waals surface area contributed by atoms with Gasteiger partial charge >= 0.3 is 6.18 Å². The van der Waals surface area contributed by atoms with Crippen LogP contribution in [0.4, 0.5) is 13.2 Å². The number of halogens is 3. The largest absolute Gasteiger partial charge is 0.416 e. The van der Waals surface area contributed by atoms with Crippen molar-refractivity contribution in [3.05, 3.63) is 35.4 Å². The lowest BCUT2D eigenvalue weighted by atomic mass is 9.71. The zero-order valence-corrected chi connectivity index (χ0v) is 13.1. The van der Waals surface area contributed by atoms with E-state index in [0.29, 0.717) is 31.5 Å². The Bertz CT molecular complexity index is 547. The number of hydrogen-bond donors (Lipinski definition) is 0. The second kappa shape index (κ2) is 5.91. The van der Waals surface area contributed by atoms with Crippen molar-refractivity contribution in [2.45, 2.75) is 24.4 Å². The Morgan fingerprint density at radius 3 is 2.32 bits per heavy atom. The Balaban J connectivity index is 2.48. The minimum Gasteiger partial charge on any atom is -0.348 e. The maximum atomic E-state index is 13.0. The third-order valence-electron chi connectivity index (χ3n) is 4.40. The van der Waals surface area contributed by atoms with Crippen LogP contribution in [0.2, 0.25) is 0 Å². The van der Waals surface area contributed by atoms with Crippen LogP contribution in [0.1, 0.15) is 24.0 Å². The number of amides is 1. The van der Waals surface area contributed by atoms with E-state index in [2.05, 4.69) is 4.90 Å². The predicted octanol–water partition coefficient (Wildman–Crippen LogP) is 2.76. The van der Waals surface area contributed by atoms with Crippen LogP contribution in [0, 0.1) is 0 Å². The molecule has 3 nitrogen and oxygen atoms in total. The fourth-order valence-corrected chi connectivity index (χ4v) is 3.05. The number of benzene rings is 1. The Kier molecular flexibility index (Phi) is 4.52. The van der Waals surface area contributed by atoms with E-state index in [1.165, 1.54) is 11.0 Å². The zero-order chi connectivity index (χ0) is 16.5. The van der Waals surface area contributed by atoms with E-state index < -0.39 is 17.2 Å². The molecular formula is C16H21F3N2O. The van der Waals surface area contributed by atoms with Crippen molar-refractivity contribution >= 4 is 5.91 Å². The van der Waals surface area contributed by atoms with E-state index in [4.69, 9.17) is 0 Å². The SMILES string of the molecule is CN1CCC(C(=O)N(C)C)(c2cccc(C(F)(F)F)c2)CC1. The lowest BCUT2D eigenvalue weighted by molar-refractivity contribution is -0.139. The van der Waals surface area contributed by atoms with Crippen LogP contribution < -0.4 is 0 Å². The molecule has 0 radical (unpaired) electrons. The zero-order valence-electron chi connectivity index (χ0n) is 13.1. The molecule has 0 aromatic heterocycles. The molecule has 0 spiro atoms. The van der Waals surface area contributed by atoms with E-state index in [9.17, 15) is 18.0 Å². The van der Waals surface area contributed by atoms with Gasteiger partial charge in [0.15, 0.2) is 0 Å². The number of alkyl halides is 3. The molecule has 1 amide bonds. The molecule has 6 heteroatoms. The summed E-state index contributed by atoms with van der Waals surface area (Å²) >= 11 is 0. The first kappa shape index (κ1) is 16.8. The molecule has 0 atom stereocenters. The lowest BCUT2D eigenvalue weighted by Gasteiger charge is -2.41. The molecule has 0 N–H and O–H groups in total. The molecule has 1 saturated heterocycles. The van der Waals surface area contributed by atoms with Crippen LogP contribution >= 0.6 is 0 Å². The summed E-state index contributed by atoms with van der Waals surface area (Å²) in [5.74, 6) is -0.125. The molecule has 122 valence electrons. The molecule has 0 saturated carbocycles. The highest BCUT2D eigenvalue weighted by molar-refractivity contribution is 5.88. The topological polar surface area (TPSA) is 23.6 Å². The summed E-state index contributed by atoms with van der Waals surface area (Å²) in [4.78, 5) is 16.3. The number of likely N-dealkylation sites (tertiary alicyclic amines) is 1. The number of hydrogen-bond acceptors (Lipinski definition) is 2. The third kappa shape index (κ3) is 3.11. The summed E-state index contributed by atoms with van der Waals surface area (Å²) in [6.07, 6.45) is -3.34. The van der Waals surface area contributed by atoms with E-state index in [1.54, 1.807) is 20.2 Å². The first-order valence-electron chi connectivity index (χ1n) is 7.25. The molecule has 22 heavy (non-hydrogen) atoms. The van der Waals surface area contributed by atoms with Crippen molar-refractivity contribution in [1.82, 2.24) is 9.80 Å². The van der Waals surface area contributed by atoms with E-state index >= 15 is 0 Å². The molecule has 0 bridgehead atoms. The summed E-state index contributed by atoms with van der Waals surface area (Å²) in [6, 6.07) is 5.21. The Labute approximate surface area is 128 Å². The van der Waals surface area contributed by atoms with Gasteiger partial charge in [-0.15, -0.1) is 0 Å². The van der Waals surface area contributed by atoms with Gasteiger partial charge in [-0.2, -0.15) is 13.2 Å². The van der Waals surface area contributed by atoms with Crippen molar-refractivity contribution in [3.63, 3.8) is 0 Å². The molecule has 1 fully saturated rings. The molecule has 1 aromatic carbocycles. The molecule has 1 aliphatic rings. The van der Waals surface area contributed by atoms with Crippen LogP contribution in [0.25, 0.3) is 0 Å². The normalized spacial score (nSPS) is 19.0. The predicted molar refractivity (Wildman–Crippen MR) is 78.5 cm³/mol. The van der Waals surface area contributed by atoms with Crippen molar-refractivity contribution < 1.29 is 18.0 Å². The number of nitrogens with zero attached hydrogens (tertiary/aromatic N) is 2. The summed E-state index contributed by atoms with van der Waals surface area (Å²) < 4.78 is 38.9. The van der Waals surface area contributed by atoms with Gasteiger partial charge in [-0.25, -0.2) is 0 Å². The number of likely N-dealkylation sites (N-methyl/N-ethyl adjacent to an activating group) is 1. The molecule has 1 aromatic rings. The summed E-state index contributed by atoms with van der Waals surface area (Å²) in [5, 5.41) is 0. The quantitative estimate of drug-likeness (QED) is 0.838. The molecule has 1 aliphatic heterocycles. The average molecular weight is 314 g/mol. The minimum atomic E-state index is -4.40. The second-order valence-corrected chi connectivity index (χ2v) is 6.16. The molecule has 0 aliphatic carbocycles. The van der Waals surface area contributed by atoms with Crippen LogP contribution in [0.3, 0.4) is 0 Å². The Hall–Kier alpha value is -1.56. The maximum Gasteiger partial charge on any atom is 0.416 e. The van der Waals surface area contributed by atoms with Gasteiger partial charge in [0.25, 0.3) is 0 Å². The van der Waals surface area contributed by atoms with Gasteiger partial charge in [0, 0.05) is 14.1 Å². The molecular weight excluding hydrogens is 293 g/mol. The number of carbonyl (C=O) groups is 1. The van der Waals surface area contributed by atoms with Crippen LogP contribution in [-0.4, -0.2) is 49.9 Å². The van der Waals surface area contributed by atoms with Gasteiger partial charge in [0.1, 0.15) is 0 Å². The fraction of sp³-hybridized carbons (Fsp3) is 0.562. The van der Waals surface area contributed by atoms with Crippen molar-refractivity contribution in [2.24, 2.45) is 0 Å². The average Bonchev–Trinajstić information content (AvgIpc) is 2.47. The highest BCUT2D eigenvalue weighted by Gasteiger charge is 2.44. The Morgan fingerprint density at radius 1 is 1.23 bits per heavy atom. The van der Waals surface area contributed by atoms with Gasteiger partial charge in [-0.1, -0.05) is 18.2 Å². The van der Waals surface area contributed by atoms with Crippen molar-refractivity contribution in [2.75, 3.05) is 34.2 Å². The first-order valence-corrected chi connectivity index (χ1v) is 7.25. The van der Waals surface area contributed by atoms with Crippen molar-refractivity contribution in [1.29, 1.82) is 0 Å². The van der Waals surface area contributed by atoms with E-state index in [-0.39, 0.29) is 5.91 Å². The lowest BCUT2D eigenvalue weighted by Crippen LogP contribution is -2.50. The number of piperidine rings is 1. The molecule has 0 unspecified atom stereocenters. The number of carbonyl (C=O) groups excluding carboxylic acids is 1. The summed E-state index contributed by atoms with van der Waals surface area (Å²) in [6.45, 7) is 1.38.